The zero-order valence-electron chi connectivity index (χ0n) is 12.8. The molecule has 0 saturated carbocycles. The molecule has 0 spiro atoms. The van der Waals surface area contributed by atoms with Gasteiger partial charge in [-0.25, -0.2) is 13.4 Å². The highest BCUT2D eigenvalue weighted by atomic mass is 32.2. The van der Waals surface area contributed by atoms with E-state index in [1.54, 1.807) is 17.5 Å². The number of nitrogens with zero attached hydrogens (tertiary/aromatic N) is 4. The molecule has 4 rings (SSSR count). The van der Waals surface area contributed by atoms with Crippen LogP contribution < -0.4 is 0 Å². The SMILES string of the molecule is CS(=O)(=O)N1N=C(c2cccs2)C[C@@H]1c1cnc2ccccc2n1. The highest BCUT2D eigenvalue weighted by Crippen LogP contribution is 2.34. The van der Waals surface area contributed by atoms with Crippen molar-refractivity contribution in [3.8, 4) is 0 Å². The Bertz CT molecular complexity index is 1030. The van der Waals surface area contributed by atoms with Gasteiger partial charge in [-0.15, -0.1) is 11.3 Å². The van der Waals surface area contributed by atoms with E-state index in [4.69, 9.17) is 0 Å². The topological polar surface area (TPSA) is 75.5 Å². The molecule has 122 valence electrons. The van der Waals surface area contributed by atoms with Crippen LogP contribution in [0.15, 0.2) is 53.1 Å². The number of hydrogen-bond donors (Lipinski definition) is 0. The molecule has 1 atom stereocenters. The van der Waals surface area contributed by atoms with Crippen LogP contribution in [0.25, 0.3) is 11.0 Å². The summed E-state index contributed by atoms with van der Waals surface area (Å²) >= 11 is 1.54. The highest BCUT2D eigenvalue weighted by molar-refractivity contribution is 7.88. The smallest absolute Gasteiger partial charge is 0.247 e. The fourth-order valence-corrected chi connectivity index (χ4v) is 4.35. The van der Waals surface area contributed by atoms with Crippen molar-refractivity contribution in [3.63, 3.8) is 0 Å². The molecular weight excluding hydrogens is 344 g/mol. The van der Waals surface area contributed by atoms with Crippen molar-refractivity contribution >= 4 is 38.1 Å². The third-order valence-electron chi connectivity index (χ3n) is 3.83. The van der Waals surface area contributed by atoms with E-state index in [2.05, 4.69) is 15.1 Å². The average Bonchev–Trinajstić information content (AvgIpc) is 3.23. The van der Waals surface area contributed by atoms with E-state index >= 15 is 0 Å². The van der Waals surface area contributed by atoms with Crippen molar-refractivity contribution in [3.05, 3.63) is 58.5 Å². The second-order valence-corrected chi connectivity index (χ2v) is 8.35. The first-order valence-electron chi connectivity index (χ1n) is 7.35. The lowest BCUT2D eigenvalue weighted by Gasteiger charge is -2.20. The third kappa shape index (κ3) is 2.67. The minimum atomic E-state index is -3.49. The zero-order chi connectivity index (χ0) is 16.7. The minimum absolute atomic E-state index is 0.464. The third-order valence-corrected chi connectivity index (χ3v) is 5.76. The molecule has 0 N–H and O–H groups in total. The molecule has 1 aliphatic heterocycles. The summed E-state index contributed by atoms with van der Waals surface area (Å²) in [7, 11) is -3.49. The molecule has 0 bridgehead atoms. The molecule has 1 aromatic carbocycles. The molecule has 0 aliphatic carbocycles. The number of thiophene rings is 1. The molecule has 0 fully saturated rings. The molecule has 3 heterocycles. The van der Waals surface area contributed by atoms with Crippen molar-refractivity contribution in [2.45, 2.75) is 12.5 Å². The summed E-state index contributed by atoms with van der Waals surface area (Å²) in [6, 6.07) is 10.9. The average molecular weight is 358 g/mol. The van der Waals surface area contributed by atoms with Crippen LogP contribution in [0.3, 0.4) is 0 Å². The van der Waals surface area contributed by atoms with Gasteiger partial charge in [0, 0.05) is 6.42 Å². The number of aromatic nitrogens is 2. The lowest BCUT2D eigenvalue weighted by Crippen LogP contribution is -2.26. The number of para-hydroxylation sites is 2. The monoisotopic (exact) mass is 358 g/mol. The molecule has 0 unspecified atom stereocenters. The van der Waals surface area contributed by atoms with Gasteiger partial charge in [-0.2, -0.15) is 9.52 Å². The maximum Gasteiger partial charge on any atom is 0.247 e. The molecule has 2 aromatic heterocycles. The van der Waals surface area contributed by atoms with Gasteiger partial charge in [0.2, 0.25) is 10.0 Å². The Morgan fingerprint density at radius 3 is 2.67 bits per heavy atom. The van der Waals surface area contributed by atoms with Gasteiger partial charge >= 0.3 is 0 Å². The van der Waals surface area contributed by atoms with Crippen molar-refractivity contribution in [2.24, 2.45) is 5.10 Å². The van der Waals surface area contributed by atoms with Crippen LogP contribution in [0.5, 0.6) is 0 Å². The summed E-state index contributed by atoms with van der Waals surface area (Å²) in [5.74, 6) is 0. The van der Waals surface area contributed by atoms with E-state index < -0.39 is 16.1 Å². The van der Waals surface area contributed by atoms with E-state index in [0.717, 1.165) is 32.3 Å². The van der Waals surface area contributed by atoms with Gasteiger partial charge in [-0.05, 0) is 23.6 Å². The summed E-state index contributed by atoms with van der Waals surface area (Å²) in [6.45, 7) is 0. The van der Waals surface area contributed by atoms with Crippen LogP contribution in [-0.4, -0.2) is 34.8 Å². The van der Waals surface area contributed by atoms with Gasteiger partial charge < -0.3 is 0 Å². The normalized spacial score (nSPS) is 18.1. The minimum Gasteiger partial charge on any atom is -0.253 e. The lowest BCUT2D eigenvalue weighted by atomic mass is 10.1. The van der Waals surface area contributed by atoms with E-state index in [1.165, 1.54) is 0 Å². The predicted octanol–water partition coefficient (Wildman–Crippen LogP) is 2.80. The molecule has 8 heteroatoms. The van der Waals surface area contributed by atoms with Crippen LogP contribution in [-0.2, 0) is 10.0 Å². The molecule has 1 aliphatic rings. The van der Waals surface area contributed by atoms with E-state index in [0.29, 0.717) is 12.1 Å². The molecule has 0 amide bonds. The van der Waals surface area contributed by atoms with E-state index in [9.17, 15) is 8.42 Å². The second-order valence-electron chi connectivity index (χ2n) is 5.56. The molecule has 3 aromatic rings. The first-order valence-corrected chi connectivity index (χ1v) is 10.1. The first kappa shape index (κ1) is 15.2. The van der Waals surface area contributed by atoms with E-state index in [-0.39, 0.29) is 0 Å². The van der Waals surface area contributed by atoms with Crippen LogP contribution in [0.4, 0.5) is 0 Å². The van der Waals surface area contributed by atoms with Crippen molar-refractivity contribution < 1.29 is 8.42 Å². The first-order chi connectivity index (χ1) is 11.5. The number of rotatable bonds is 3. The van der Waals surface area contributed by atoms with Crippen molar-refractivity contribution in [1.29, 1.82) is 0 Å². The molecule has 0 radical (unpaired) electrons. The molecule has 24 heavy (non-hydrogen) atoms. The fourth-order valence-electron chi connectivity index (χ4n) is 2.74. The van der Waals surface area contributed by atoms with Crippen molar-refractivity contribution in [1.82, 2.24) is 14.4 Å². The van der Waals surface area contributed by atoms with Gasteiger partial charge in [-0.3, -0.25) is 4.98 Å². The summed E-state index contributed by atoms with van der Waals surface area (Å²) in [5, 5.41) is 6.29. The maximum atomic E-state index is 12.2. The Balaban J connectivity index is 1.78. The van der Waals surface area contributed by atoms with Crippen LogP contribution in [0.1, 0.15) is 23.0 Å². The maximum absolute atomic E-state index is 12.2. The molecular formula is C16H14N4O2S2. The summed E-state index contributed by atoms with van der Waals surface area (Å²) < 4.78 is 25.5. The number of fused-ring (bicyclic) bond motifs is 1. The highest BCUT2D eigenvalue weighted by Gasteiger charge is 2.36. The van der Waals surface area contributed by atoms with Crippen molar-refractivity contribution in [2.75, 3.05) is 6.26 Å². The summed E-state index contributed by atoms with van der Waals surface area (Å²) in [4.78, 5) is 9.97. The van der Waals surface area contributed by atoms with Gasteiger partial charge in [-0.1, -0.05) is 18.2 Å². The Labute approximate surface area is 143 Å². The zero-order valence-corrected chi connectivity index (χ0v) is 14.5. The Morgan fingerprint density at radius 1 is 1.17 bits per heavy atom. The molecule has 6 nitrogen and oxygen atoms in total. The summed E-state index contributed by atoms with van der Waals surface area (Å²) in [5.41, 5.74) is 2.89. The standard InChI is InChI=1S/C16H14N4O2S2/c1-24(21,22)20-15(9-13(19-20)16-7-4-8-23-16)14-10-17-11-5-2-3-6-12(11)18-14/h2-8,10,15H,9H2,1H3/t15-/m1/s1. The lowest BCUT2D eigenvalue weighted by molar-refractivity contribution is 0.368. The van der Waals surface area contributed by atoms with Gasteiger partial charge in [0.15, 0.2) is 0 Å². The fraction of sp³-hybridized carbons (Fsp3) is 0.188. The van der Waals surface area contributed by atoms with Gasteiger partial charge in [0.25, 0.3) is 0 Å². The molecule has 0 saturated heterocycles. The second kappa shape index (κ2) is 5.64. The number of hydrogen-bond acceptors (Lipinski definition) is 6. The van der Waals surface area contributed by atoms with Gasteiger partial charge in [0.1, 0.15) is 6.04 Å². The number of hydrazone groups is 1. The van der Waals surface area contributed by atoms with Crippen LogP contribution in [0.2, 0.25) is 0 Å². The largest absolute Gasteiger partial charge is 0.253 e. The van der Waals surface area contributed by atoms with E-state index in [1.807, 2.05) is 41.8 Å². The Kier molecular flexibility index (Phi) is 3.58. The number of benzene rings is 1. The number of sulfonamides is 1. The predicted molar refractivity (Wildman–Crippen MR) is 94.4 cm³/mol. The Morgan fingerprint density at radius 2 is 1.96 bits per heavy atom. The quantitative estimate of drug-likeness (QED) is 0.721. The summed E-state index contributed by atoms with van der Waals surface area (Å²) in [6.07, 6.45) is 3.29. The van der Waals surface area contributed by atoms with Crippen LogP contribution in [0, 0.1) is 0 Å². The van der Waals surface area contributed by atoms with Gasteiger partial charge in [0.05, 0.1) is 39.8 Å². The Hall–Kier alpha value is -2.32. The van der Waals surface area contributed by atoms with Crippen LogP contribution >= 0.6 is 11.3 Å².